The van der Waals surface area contributed by atoms with Crippen molar-refractivity contribution in [3.8, 4) is 5.75 Å². The second-order valence-corrected chi connectivity index (χ2v) is 7.49. The van der Waals surface area contributed by atoms with Crippen LogP contribution in [-0.2, 0) is 11.3 Å². The Hall–Kier alpha value is -1.73. The van der Waals surface area contributed by atoms with Gasteiger partial charge in [-0.2, -0.15) is 0 Å². The molecule has 0 bridgehead atoms. The third-order valence-corrected chi connectivity index (χ3v) is 5.18. The van der Waals surface area contributed by atoms with E-state index in [0.717, 1.165) is 42.5 Å². The van der Waals surface area contributed by atoms with Gasteiger partial charge in [-0.25, -0.2) is 9.89 Å². The monoisotopic (exact) mass is 363 g/mol. The van der Waals surface area contributed by atoms with Gasteiger partial charge in [-0.05, 0) is 56.4 Å². The number of rotatable bonds is 8. The number of H-pyrrole nitrogens is 1. The molecular weight excluding hydrogens is 338 g/mol. The van der Waals surface area contributed by atoms with Gasteiger partial charge in [0.05, 0.1) is 19.3 Å². The summed E-state index contributed by atoms with van der Waals surface area (Å²) in [5, 5.41) is 7.40. The van der Waals surface area contributed by atoms with E-state index in [1.165, 1.54) is 11.1 Å². The van der Waals surface area contributed by atoms with Crippen LogP contribution < -0.4 is 10.4 Å². The number of aryl methyl sites for hydroxylation is 2. The highest BCUT2D eigenvalue weighted by molar-refractivity contribution is 7.99. The Morgan fingerprint density at radius 1 is 1.36 bits per heavy atom. The minimum Gasteiger partial charge on any atom is -0.494 e. The number of thioether (sulfide) groups is 1. The Balaban J connectivity index is 1.45. The second-order valence-electron chi connectivity index (χ2n) is 6.43. The van der Waals surface area contributed by atoms with Gasteiger partial charge in [-0.3, -0.25) is 4.57 Å². The number of benzene rings is 1. The Labute approximate surface area is 151 Å². The molecule has 0 saturated carbocycles. The van der Waals surface area contributed by atoms with Gasteiger partial charge >= 0.3 is 5.69 Å². The van der Waals surface area contributed by atoms with Crippen molar-refractivity contribution in [2.45, 2.75) is 50.9 Å². The van der Waals surface area contributed by atoms with Crippen molar-refractivity contribution in [1.29, 1.82) is 0 Å². The van der Waals surface area contributed by atoms with Crippen molar-refractivity contribution in [1.82, 2.24) is 14.8 Å². The van der Waals surface area contributed by atoms with E-state index in [-0.39, 0.29) is 11.8 Å². The number of aromatic nitrogens is 3. The Kier molecular flexibility index (Phi) is 6.20. The van der Waals surface area contributed by atoms with E-state index in [0.29, 0.717) is 13.2 Å². The predicted octanol–water partition coefficient (Wildman–Crippen LogP) is 2.93. The summed E-state index contributed by atoms with van der Waals surface area (Å²) in [5.41, 5.74) is 2.25. The maximum Gasteiger partial charge on any atom is 0.344 e. The van der Waals surface area contributed by atoms with Crippen LogP contribution in [0.15, 0.2) is 28.2 Å². The SMILES string of the molecule is Cc1cc(C)cc(OCCCSc2n[nH]c(=O)n2CC2CCCO2)c1. The molecule has 0 aliphatic carbocycles. The summed E-state index contributed by atoms with van der Waals surface area (Å²) in [6.45, 7) is 6.16. The van der Waals surface area contributed by atoms with Gasteiger partial charge < -0.3 is 9.47 Å². The molecule has 2 heterocycles. The molecule has 6 nitrogen and oxygen atoms in total. The fourth-order valence-corrected chi connectivity index (χ4v) is 3.86. The molecule has 1 aromatic carbocycles. The molecule has 1 atom stereocenters. The van der Waals surface area contributed by atoms with Gasteiger partial charge in [0.1, 0.15) is 5.75 Å². The largest absolute Gasteiger partial charge is 0.494 e. The van der Waals surface area contributed by atoms with Gasteiger partial charge in [0.15, 0.2) is 5.16 Å². The van der Waals surface area contributed by atoms with E-state index in [2.05, 4.69) is 30.1 Å². The molecule has 7 heteroatoms. The van der Waals surface area contributed by atoms with E-state index in [1.54, 1.807) is 16.3 Å². The number of nitrogens with zero attached hydrogens (tertiary/aromatic N) is 2. The van der Waals surface area contributed by atoms with E-state index in [9.17, 15) is 4.79 Å². The number of ether oxygens (including phenoxy) is 2. The molecular formula is C18H25N3O3S. The maximum atomic E-state index is 11.9. The van der Waals surface area contributed by atoms with Crippen LogP contribution in [0.5, 0.6) is 5.75 Å². The minimum atomic E-state index is -0.163. The summed E-state index contributed by atoms with van der Waals surface area (Å²) < 4.78 is 13.1. The molecule has 0 radical (unpaired) electrons. The molecule has 3 rings (SSSR count). The predicted molar refractivity (Wildman–Crippen MR) is 98.6 cm³/mol. The fraction of sp³-hybridized carbons (Fsp3) is 0.556. The first-order valence-electron chi connectivity index (χ1n) is 8.72. The van der Waals surface area contributed by atoms with Crippen molar-refractivity contribution in [3.63, 3.8) is 0 Å². The van der Waals surface area contributed by atoms with Crippen molar-refractivity contribution >= 4 is 11.8 Å². The summed E-state index contributed by atoms with van der Waals surface area (Å²) in [7, 11) is 0. The van der Waals surface area contributed by atoms with E-state index in [1.807, 2.05) is 12.1 Å². The molecule has 1 unspecified atom stereocenters. The van der Waals surface area contributed by atoms with E-state index in [4.69, 9.17) is 9.47 Å². The number of nitrogens with one attached hydrogen (secondary N) is 1. The molecule has 1 saturated heterocycles. The van der Waals surface area contributed by atoms with Gasteiger partial charge in [0.2, 0.25) is 0 Å². The topological polar surface area (TPSA) is 69.1 Å². The first-order valence-corrected chi connectivity index (χ1v) is 9.71. The van der Waals surface area contributed by atoms with Gasteiger partial charge in [0, 0.05) is 12.4 Å². The summed E-state index contributed by atoms with van der Waals surface area (Å²) in [4.78, 5) is 11.9. The molecule has 1 N–H and O–H groups in total. The van der Waals surface area contributed by atoms with Crippen LogP contribution in [0.1, 0.15) is 30.4 Å². The average molecular weight is 363 g/mol. The summed E-state index contributed by atoms with van der Waals surface area (Å²) in [6, 6.07) is 6.23. The zero-order valence-electron chi connectivity index (χ0n) is 14.8. The summed E-state index contributed by atoms with van der Waals surface area (Å²) >= 11 is 1.58. The molecule has 2 aromatic rings. The lowest BCUT2D eigenvalue weighted by molar-refractivity contribution is 0.0941. The Bertz CT molecular complexity index is 730. The molecule has 1 aromatic heterocycles. The van der Waals surface area contributed by atoms with E-state index >= 15 is 0 Å². The third-order valence-electron chi connectivity index (χ3n) is 4.12. The normalized spacial score (nSPS) is 17.1. The summed E-state index contributed by atoms with van der Waals surface area (Å²) in [6.07, 6.45) is 3.09. The Morgan fingerprint density at radius 2 is 2.16 bits per heavy atom. The highest BCUT2D eigenvalue weighted by Crippen LogP contribution is 2.20. The van der Waals surface area contributed by atoms with Gasteiger partial charge in [-0.15, -0.1) is 5.10 Å². The number of hydrogen-bond acceptors (Lipinski definition) is 5. The lowest BCUT2D eigenvalue weighted by Gasteiger charge is -2.11. The maximum absolute atomic E-state index is 11.9. The summed E-state index contributed by atoms with van der Waals surface area (Å²) in [5.74, 6) is 1.76. The highest BCUT2D eigenvalue weighted by Gasteiger charge is 2.19. The first kappa shape index (κ1) is 18.1. The number of aromatic amines is 1. The van der Waals surface area contributed by atoms with Crippen molar-refractivity contribution in [2.24, 2.45) is 0 Å². The first-order chi connectivity index (χ1) is 12.1. The minimum absolute atomic E-state index is 0.127. The van der Waals surface area contributed by atoms with Crippen molar-refractivity contribution < 1.29 is 9.47 Å². The molecule has 1 fully saturated rings. The van der Waals surface area contributed by atoms with E-state index < -0.39 is 0 Å². The van der Waals surface area contributed by atoms with Crippen LogP contribution in [0.25, 0.3) is 0 Å². The molecule has 0 amide bonds. The van der Waals surface area contributed by atoms with Crippen LogP contribution in [-0.4, -0.2) is 39.8 Å². The van der Waals surface area contributed by atoms with Crippen molar-refractivity contribution in [3.05, 3.63) is 39.8 Å². The third kappa shape index (κ3) is 5.12. The molecule has 25 heavy (non-hydrogen) atoms. The quantitative estimate of drug-likeness (QED) is 0.577. The fourth-order valence-electron chi connectivity index (χ4n) is 3.00. The average Bonchev–Trinajstić information content (AvgIpc) is 3.18. The lowest BCUT2D eigenvalue weighted by atomic mass is 10.1. The van der Waals surface area contributed by atoms with Gasteiger partial charge in [0.25, 0.3) is 0 Å². The Morgan fingerprint density at radius 3 is 2.88 bits per heavy atom. The molecule has 136 valence electrons. The van der Waals surface area contributed by atoms with Crippen molar-refractivity contribution in [2.75, 3.05) is 19.0 Å². The number of hydrogen-bond donors (Lipinski definition) is 1. The van der Waals surface area contributed by atoms with Crippen LogP contribution in [0, 0.1) is 13.8 Å². The zero-order valence-corrected chi connectivity index (χ0v) is 15.6. The molecule has 1 aliphatic heterocycles. The van der Waals surface area contributed by atoms with Crippen LogP contribution in [0.4, 0.5) is 0 Å². The highest BCUT2D eigenvalue weighted by atomic mass is 32.2. The zero-order chi connectivity index (χ0) is 17.6. The second kappa shape index (κ2) is 8.58. The van der Waals surface area contributed by atoms with Crippen LogP contribution >= 0.6 is 11.8 Å². The molecule has 1 aliphatic rings. The van der Waals surface area contributed by atoms with Crippen LogP contribution in [0.2, 0.25) is 0 Å². The van der Waals surface area contributed by atoms with Crippen LogP contribution in [0.3, 0.4) is 0 Å². The standard InChI is InChI=1S/C18H25N3O3S/c1-13-9-14(2)11-16(10-13)24-7-4-8-25-18-20-19-17(22)21(18)12-15-5-3-6-23-15/h9-11,15H,3-8,12H2,1-2H3,(H,19,22). The van der Waals surface area contributed by atoms with Gasteiger partial charge in [-0.1, -0.05) is 17.8 Å². The lowest BCUT2D eigenvalue weighted by Crippen LogP contribution is -2.25. The smallest absolute Gasteiger partial charge is 0.344 e. The molecule has 0 spiro atoms.